The highest BCUT2D eigenvalue weighted by molar-refractivity contribution is 14.0. The van der Waals surface area contributed by atoms with Crippen molar-refractivity contribution in [3.63, 3.8) is 0 Å². The van der Waals surface area contributed by atoms with Gasteiger partial charge in [-0.1, -0.05) is 42.5 Å². The predicted molar refractivity (Wildman–Crippen MR) is 140 cm³/mol. The number of methoxy groups -OCH3 is 2. The fourth-order valence-electron chi connectivity index (χ4n) is 3.61. The molecule has 2 N–H and O–H groups in total. The minimum Gasteiger partial charge on any atom is -0.502 e. The average molecular weight is 552 g/mol. The van der Waals surface area contributed by atoms with E-state index in [-0.39, 0.29) is 29.7 Å². The van der Waals surface area contributed by atoms with E-state index in [2.05, 4.69) is 56.5 Å². The van der Waals surface area contributed by atoms with Crippen molar-refractivity contribution in [3.8, 4) is 17.2 Å². The largest absolute Gasteiger partial charge is 0.502 e. The molecule has 3 rings (SSSR count). The molecule has 0 aromatic heterocycles. The quantitative estimate of drug-likeness (QED) is 0.312. The molecule has 0 radical (unpaired) electrons. The van der Waals surface area contributed by atoms with E-state index in [4.69, 9.17) is 9.47 Å². The van der Waals surface area contributed by atoms with Crippen LogP contribution >= 0.6 is 24.0 Å². The molecule has 8 heteroatoms. The highest BCUT2D eigenvalue weighted by atomic mass is 127. The highest BCUT2D eigenvalue weighted by Crippen LogP contribution is 2.37. The molecule has 7 nitrogen and oxygen atoms in total. The first kappa shape index (κ1) is 25.8. The van der Waals surface area contributed by atoms with Crippen LogP contribution in [0.4, 0.5) is 0 Å². The number of ether oxygens (including phenoxy) is 2. The minimum atomic E-state index is 0. The zero-order chi connectivity index (χ0) is 22.1. The van der Waals surface area contributed by atoms with Crippen molar-refractivity contribution in [3.05, 3.63) is 59.7 Å². The summed E-state index contributed by atoms with van der Waals surface area (Å²) in [4.78, 5) is 9.16. The zero-order valence-electron chi connectivity index (χ0n) is 19.0. The lowest BCUT2D eigenvalue weighted by Gasteiger charge is -2.36. The number of nitrogens with one attached hydrogen (secondary N) is 1. The number of rotatable bonds is 7. The van der Waals surface area contributed by atoms with E-state index in [9.17, 15) is 5.11 Å². The second-order valence-corrected chi connectivity index (χ2v) is 7.35. The lowest BCUT2D eigenvalue weighted by atomic mass is 10.2. The molecular formula is C24H33IN4O3. The molecule has 0 bridgehead atoms. The van der Waals surface area contributed by atoms with Crippen molar-refractivity contribution < 1.29 is 14.6 Å². The Bertz CT molecular complexity index is 872. The van der Waals surface area contributed by atoms with Crippen molar-refractivity contribution in [2.45, 2.75) is 6.54 Å². The summed E-state index contributed by atoms with van der Waals surface area (Å²) in [7, 11) is 4.85. The van der Waals surface area contributed by atoms with Crippen LogP contribution in [0.5, 0.6) is 17.2 Å². The summed E-state index contributed by atoms with van der Waals surface area (Å²) in [6.07, 6.45) is 4.40. The van der Waals surface area contributed by atoms with Crippen LogP contribution < -0.4 is 14.8 Å². The summed E-state index contributed by atoms with van der Waals surface area (Å²) in [5, 5.41) is 13.5. The Kier molecular flexibility index (Phi) is 10.6. The Morgan fingerprint density at radius 2 is 1.69 bits per heavy atom. The number of hydrogen-bond donors (Lipinski definition) is 2. The zero-order valence-corrected chi connectivity index (χ0v) is 21.3. The molecule has 2 aromatic carbocycles. The molecule has 32 heavy (non-hydrogen) atoms. The van der Waals surface area contributed by atoms with Crippen LogP contribution in [0.2, 0.25) is 0 Å². The fraction of sp³-hybridized carbons (Fsp3) is 0.375. The summed E-state index contributed by atoms with van der Waals surface area (Å²) in [6, 6.07) is 14.0. The second-order valence-electron chi connectivity index (χ2n) is 7.35. The third-order valence-electron chi connectivity index (χ3n) is 5.35. The first-order valence-corrected chi connectivity index (χ1v) is 10.5. The van der Waals surface area contributed by atoms with Crippen LogP contribution in [0.15, 0.2) is 53.5 Å². The maximum Gasteiger partial charge on any atom is 0.200 e. The molecule has 0 unspecified atom stereocenters. The maximum atomic E-state index is 10.1. The van der Waals surface area contributed by atoms with Gasteiger partial charge in [-0.05, 0) is 23.3 Å². The van der Waals surface area contributed by atoms with Crippen LogP contribution in [0.25, 0.3) is 6.08 Å². The highest BCUT2D eigenvalue weighted by Gasteiger charge is 2.19. The molecule has 1 aliphatic heterocycles. The predicted octanol–water partition coefficient (Wildman–Crippen LogP) is 3.43. The first-order valence-electron chi connectivity index (χ1n) is 10.5. The number of nitrogens with zero attached hydrogens (tertiary/aromatic N) is 3. The number of guanidine groups is 1. The van der Waals surface area contributed by atoms with Crippen molar-refractivity contribution in [1.82, 2.24) is 15.1 Å². The van der Waals surface area contributed by atoms with Gasteiger partial charge >= 0.3 is 0 Å². The minimum absolute atomic E-state index is 0. The van der Waals surface area contributed by atoms with Gasteiger partial charge in [-0.15, -0.1) is 24.0 Å². The van der Waals surface area contributed by atoms with E-state index in [0.717, 1.165) is 44.2 Å². The number of hydrogen-bond acceptors (Lipinski definition) is 5. The number of aromatic hydroxyl groups is 1. The number of phenols is 1. The lowest BCUT2D eigenvalue weighted by molar-refractivity contribution is 0.194. The van der Waals surface area contributed by atoms with Gasteiger partial charge in [0, 0.05) is 46.3 Å². The molecule has 1 saturated heterocycles. The average Bonchev–Trinajstić information content (AvgIpc) is 2.81. The van der Waals surface area contributed by atoms with Crippen LogP contribution in [0.1, 0.15) is 11.1 Å². The molecule has 0 saturated carbocycles. The molecule has 0 atom stereocenters. The second kappa shape index (κ2) is 13.2. The van der Waals surface area contributed by atoms with Gasteiger partial charge < -0.3 is 24.8 Å². The van der Waals surface area contributed by atoms with Crippen molar-refractivity contribution in [2.24, 2.45) is 4.99 Å². The van der Waals surface area contributed by atoms with Crippen LogP contribution in [0.3, 0.4) is 0 Å². The first-order chi connectivity index (χ1) is 15.1. The van der Waals surface area contributed by atoms with Gasteiger partial charge in [0.15, 0.2) is 17.5 Å². The van der Waals surface area contributed by atoms with E-state index in [1.807, 2.05) is 6.07 Å². The van der Waals surface area contributed by atoms with E-state index >= 15 is 0 Å². The molecule has 0 amide bonds. The van der Waals surface area contributed by atoms with Crippen LogP contribution in [0, 0.1) is 0 Å². The van der Waals surface area contributed by atoms with Crippen LogP contribution in [-0.2, 0) is 6.54 Å². The molecule has 1 heterocycles. The van der Waals surface area contributed by atoms with E-state index < -0.39 is 0 Å². The Morgan fingerprint density at radius 3 is 2.25 bits per heavy atom. The number of benzene rings is 2. The van der Waals surface area contributed by atoms with Gasteiger partial charge in [0.25, 0.3) is 0 Å². The third kappa shape index (κ3) is 7.03. The molecular weight excluding hydrogens is 519 g/mol. The number of phenolic OH excluding ortho intramolecular Hbond substituents is 1. The van der Waals surface area contributed by atoms with Gasteiger partial charge in [0.05, 0.1) is 14.2 Å². The van der Waals surface area contributed by atoms with Gasteiger partial charge in [-0.3, -0.25) is 9.89 Å². The standard InChI is InChI=1S/C24H32N4O3.HI/c1-25-24(26-18-20-16-21(30-2)23(29)22(17-20)31-3)28-14-12-27(13-15-28)11-7-10-19-8-5-4-6-9-19;/h4-10,16-17,29H,11-15,18H2,1-3H3,(H,25,26);1H/b10-7+;. The van der Waals surface area contributed by atoms with E-state index in [1.165, 1.54) is 19.8 Å². The van der Waals surface area contributed by atoms with Crippen molar-refractivity contribution in [2.75, 3.05) is 54.0 Å². The van der Waals surface area contributed by atoms with Crippen LogP contribution in [-0.4, -0.2) is 74.9 Å². The number of piperazine rings is 1. The molecule has 0 aliphatic carbocycles. The Morgan fingerprint density at radius 1 is 1.06 bits per heavy atom. The smallest absolute Gasteiger partial charge is 0.200 e. The topological polar surface area (TPSA) is 69.6 Å². The van der Waals surface area contributed by atoms with Crippen molar-refractivity contribution >= 4 is 36.0 Å². The molecule has 1 aliphatic rings. The Balaban J connectivity index is 0.00000363. The summed E-state index contributed by atoms with van der Waals surface area (Å²) >= 11 is 0. The SMILES string of the molecule is CN=C(NCc1cc(OC)c(O)c(OC)c1)N1CCN(C/C=C/c2ccccc2)CC1.I. The molecule has 1 fully saturated rings. The van der Waals surface area contributed by atoms with E-state index in [0.29, 0.717) is 18.0 Å². The lowest BCUT2D eigenvalue weighted by Crippen LogP contribution is -2.52. The van der Waals surface area contributed by atoms with E-state index in [1.54, 1.807) is 19.2 Å². The van der Waals surface area contributed by atoms with Gasteiger partial charge in [0.1, 0.15) is 0 Å². The summed E-state index contributed by atoms with van der Waals surface area (Å²) in [6.45, 7) is 5.31. The van der Waals surface area contributed by atoms with Gasteiger partial charge in [0.2, 0.25) is 5.75 Å². The number of halogens is 1. The van der Waals surface area contributed by atoms with Gasteiger partial charge in [-0.25, -0.2) is 0 Å². The number of aliphatic imine (C=N–C) groups is 1. The maximum absolute atomic E-state index is 10.1. The third-order valence-corrected chi connectivity index (χ3v) is 5.35. The molecule has 174 valence electrons. The Labute approximate surface area is 207 Å². The normalized spacial score (nSPS) is 14.8. The molecule has 2 aromatic rings. The fourth-order valence-corrected chi connectivity index (χ4v) is 3.61. The summed E-state index contributed by atoms with van der Waals surface area (Å²) in [5.74, 6) is 1.66. The molecule has 0 spiro atoms. The monoisotopic (exact) mass is 552 g/mol. The summed E-state index contributed by atoms with van der Waals surface area (Å²) < 4.78 is 10.5. The Hall–Kier alpha value is -2.46. The van der Waals surface area contributed by atoms with Gasteiger partial charge in [-0.2, -0.15) is 0 Å². The summed E-state index contributed by atoms with van der Waals surface area (Å²) in [5.41, 5.74) is 2.17. The van der Waals surface area contributed by atoms with Crippen molar-refractivity contribution in [1.29, 1.82) is 0 Å².